The smallest absolute Gasteiger partial charge is 0.266 e. The van der Waals surface area contributed by atoms with Gasteiger partial charge in [-0.25, -0.2) is 0 Å². The number of nitrogens with one attached hydrogen (secondary N) is 1. The summed E-state index contributed by atoms with van der Waals surface area (Å²) >= 11 is 18.1. The number of nitrogens with zero attached hydrogens (tertiary/aromatic N) is 1. The molecule has 3 aromatic rings. The molecule has 7 heteroatoms. The van der Waals surface area contributed by atoms with Crippen LogP contribution in [0.25, 0.3) is 6.08 Å². The standard InChI is InChI=1S/C23H15Cl3N2O2/c24-18-8-7-16(21(26)12-18)14-30-19-9-5-15(6-10-19)11-17(13-27)23(29)28-22-4-2-1-3-20(22)25/h1-12H,14H2,(H,28,29)/b17-11+. The third kappa shape index (κ3) is 5.77. The van der Waals surface area contributed by atoms with E-state index in [1.807, 2.05) is 6.07 Å². The highest BCUT2D eigenvalue weighted by Crippen LogP contribution is 2.24. The minimum absolute atomic E-state index is 0.0449. The second-order valence-corrected chi connectivity index (χ2v) is 7.45. The molecule has 0 bridgehead atoms. The molecule has 4 nitrogen and oxygen atoms in total. The molecule has 0 saturated carbocycles. The van der Waals surface area contributed by atoms with E-state index in [0.29, 0.717) is 32.1 Å². The summed E-state index contributed by atoms with van der Waals surface area (Å²) in [7, 11) is 0. The van der Waals surface area contributed by atoms with Gasteiger partial charge in [0.05, 0.1) is 10.7 Å². The van der Waals surface area contributed by atoms with Crippen LogP contribution in [0.5, 0.6) is 5.75 Å². The van der Waals surface area contributed by atoms with Gasteiger partial charge in [-0.15, -0.1) is 0 Å². The Labute approximate surface area is 189 Å². The fourth-order valence-electron chi connectivity index (χ4n) is 2.53. The molecule has 150 valence electrons. The van der Waals surface area contributed by atoms with E-state index in [1.54, 1.807) is 66.7 Å². The molecule has 0 aliphatic heterocycles. The molecule has 0 aromatic heterocycles. The van der Waals surface area contributed by atoms with E-state index in [9.17, 15) is 10.1 Å². The second-order valence-electron chi connectivity index (χ2n) is 6.20. The van der Waals surface area contributed by atoms with E-state index in [2.05, 4.69) is 5.32 Å². The number of carbonyl (C=O) groups excluding carboxylic acids is 1. The van der Waals surface area contributed by atoms with Gasteiger partial charge in [0.1, 0.15) is 24.0 Å². The number of anilines is 1. The Morgan fingerprint density at radius 1 is 1.00 bits per heavy atom. The SMILES string of the molecule is N#C/C(=C\c1ccc(OCc2ccc(Cl)cc2Cl)cc1)C(=O)Nc1ccccc1Cl. The summed E-state index contributed by atoms with van der Waals surface area (Å²) in [6.45, 7) is 0.287. The molecule has 3 aromatic carbocycles. The number of para-hydroxylation sites is 1. The first-order valence-electron chi connectivity index (χ1n) is 8.81. The fourth-order valence-corrected chi connectivity index (χ4v) is 3.17. The molecule has 0 aliphatic carbocycles. The van der Waals surface area contributed by atoms with Crippen molar-refractivity contribution in [2.75, 3.05) is 5.32 Å². The van der Waals surface area contributed by atoms with Gasteiger partial charge in [0.25, 0.3) is 5.91 Å². The minimum Gasteiger partial charge on any atom is -0.489 e. The highest BCUT2D eigenvalue weighted by molar-refractivity contribution is 6.35. The van der Waals surface area contributed by atoms with Crippen molar-refractivity contribution in [2.24, 2.45) is 0 Å². The number of ether oxygens (including phenoxy) is 1. The van der Waals surface area contributed by atoms with E-state index in [1.165, 1.54) is 6.08 Å². The number of rotatable bonds is 6. The summed E-state index contributed by atoms with van der Waals surface area (Å²) in [6.07, 6.45) is 1.49. The van der Waals surface area contributed by atoms with Crippen LogP contribution in [-0.2, 0) is 11.4 Å². The van der Waals surface area contributed by atoms with E-state index in [-0.39, 0.29) is 12.2 Å². The fraction of sp³-hybridized carbons (Fsp3) is 0.0435. The molecule has 0 radical (unpaired) electrons. The molecule has 0 fully saturated rings. The number of halogens is 3. The first-order chi connectivity index (χ1) is 14.5. The van der Waals surface area contributed by atoms with Crippen LogP contribution in [0.1, 0.15) is 11.1 Å². The van der Waals surface area contributed by atoms with Crippen LogP contribution < -0.4 is 10.1 Å². The zero-order chi connectivity index (χ0) is 21.5. The molecular weight excluding hydrogens is 443 g/mol. The lowest BCUT2D eigenvalue weighted by Crippen LogP contribution is -2.13. The monoisotopic (exact) mass is 456 g/mol. The van der Waals surface area contributed by atoms with E-state index >= 15 is 0 Å². The number of carbonyl (C=O) groups is 1. The van der Waals surface area contributed by atoms with Gasteiger partial charge in [-0.05, 0) is 48.0 Å². The highest BCUT2D eigenvalue weighted by Gasteiger charge is 2.11. The van der Waals surface area contributed by atoms with Crippen LogP contribution in [-0.4, -0.2) is 5.91 Å². The number of amides is 1. The lowest BCUT2D eigenvalue weighted by Gasteiger charge is -2.09. The molecule has 0 aliphatic rings. The van der Waals surface area contributed by atoms with Crippen LogP contribution in [0.3, 0.4) is 0 Å². The molecule has 0 heterocycles. The maximum absolute atomic E-state index is 12.4. The summed E-state index contributed by atoms with van der Waals surface area (Å²) in [5, 5.41) is 13.5. The average molecular weight is 458 g/mol. The van der Waals surface area contributed by atoms with Gasteiger partial charge in [0, 0.05) is 15.6 Å². The molecule has 0 spiro atoms. The Bertz CT molecular complexity index is 1140. The number of hydrogen-bond acceptors (Lipinski definition) is 3. The zero-order valence-corrected chi connectivity index (χ0v) is 17.8. The van der Waals surface area contributed by atoms with Crippen molar-refractivity contribution >= 4 is 52.5 Å². The summed E-state index contributed by atoms with van der Waals surface area (Å²) in [5.41, 5.74) is 1.89. The maximum atomic E-state index is 12.4. The highest BCUT2D eigenvalue weighted by atomic mass is 35.5. The van der Waals surface area contributed by atoms with Crippen molar-refractivity contribution in [1.82, 2.24) is 0 Å². The lowest BCUT2D eigenvalue weighted by atomic mass is 10.1. The van der Waals surface area contributed by atoms with Gasteiger partial charge in [0.15, 0.2) is 0 Å². The largest absolute Gasteiger partial charge is 0.489 e. The van der Waals surface area contributed by atoms with Gasteiger partial charge < -0.3 is 10.1 Å². The maximum Gasteiger partial charge on any atom is 0.266 e. The number of hydrogen-bond donors (Lipinski definition) is 1. The molecule has 1 N–H and O–H groups in total. The average Bonchev–Trinajstić information content (AvgIpc) is 2.74. The van der Waals surface area contributed by atoms with Crippen molar-refractivity contribution in [2.45, 2.75) is 6.61 Å². The van der Waals surface area contributed by atoms with Crippen molar-refractivity contribution in [3.63, 3.8) is 0 Å². The topological polar surface area (TPSA) is 62.1 Å². The van der Waals surface area contributed by atoms with Gasteiger partial charge >= 0.3 is 0 Å². The van der Waals surface area contributed by atoms with Crippen molar-refractivity contribution in [3.05, 3.63) is 98.5 Å². The Morgan fingerprint density at radius 2 is 1.73 bits per heavy atom. The molecule has 3 rings (SSSR count). The third-order valence-electron chi connectivity index (χ3n) is 4.09. The molecule has 0 atom stereocenters. The third-order valence-corrected chi connectivity index (χ3v) is 5.00. The number of benzene rings is 3. The van der Waals surface area contributed by atoms with E-state index in [4.69, 9.17) is 39.5 Å². The number of nitriles is 1. The molecule has 30 heavy (non-hydrogen) atoms. The van der Waals surface area contributed by atoms with E-state index in [0.717, 1.165) is 5.56 Å². The van der Waals surface area contributed by atoms with Crippen molar-refractivity contribution in [1.29, 1.82) is 5.26 Å². The second kappa shape index (κ2) is 10.2. The molecule has 1 amide bonds. The van der Waals surface area contributed by atoms with Crippen molar-refractivity contribution < 1.29 is 9.53 Å². The Hall–Kier alpha value is -2.97. The van der Waals surface area contributed by atoms with Crippen molar-refractivity contribution in [3.8, 4) is 11.8 Å². The Kier molecular flexibility index (Phi) is 7.37. The summed E-state index contributed by atoms with van der Waals surface area (Å²) in [6, 6.07) is 20.9. The van der Waals surface area contributed by atoms with Crippen LogP contribution in [0.4, 0.5) is 5.69 Å². The van der Waals surface area contributed by atoms with Crippen LogP contribution in [0.15, 0.2) is 72.3 Å². The van der Waals surface area contributed by atoms with Gasteiger partial charge in [-0.1, -0.05) is 65.1 Å². The summed E-state index contributed by atoms with van der Waals surface area (Å²) in [5.74, 6) is 0.0838. The summed E-state index contributed by atoms with van der Waals surface area (Å²) in [4.78, 5) is 12.4. The first kappa shape index (κ1) is 21.7. The van der Waals surface area contributed by atoms with Crippen LogP contribution >= 0.6 is 34.8 Å². The normalized spacial score (nSPS) is 10.9. The first-order valence-corrected chi connectivity index (χ1v) is 9.94. The molecule has 0 saturated heterocycles. The zero-order valence-electron chi connectivity index (χ0n) is 15.5. The van der Waals surface area contributed by atoms with Gasteiger partial charge in [0.2, 0.25) is 0 Å². The Morgan fingerprint density at radius 3 is 2.40 bits per heavy atom. The van der Waals surface area contributed by atoms with Gasteiger partial charge in [-0.2, -0.15) is 5.26 Å². The quantitative estimate of drug-likeness (QED) is 0.328. The van der Waals surface area contributed by atoms with Crippen LogP contribution in [0.2, 0.25) is 15.1 Å². The summed E-state index contributed by atoms with van der Waals surface area (Å²) < 4.78 is 5.73. The molecular formula is C23H15Cl3N2O2. The minimum atomic E-state index is -0.539. The predicted octanol–water partition coefficient (Wildman–Crippen LogP) is 6.77. The molecule has 0 unspecified atom stereocenters. The Balaban J connectivity index is 1.66. The van der Waals surface area contributed by atoms with Crippen LogP contribution in [0, 0.1) is 11.3 Å². The van der Waals surface area contributed by atoms with Gasteiger partial charge in [-0.3, -0.25) is 4.79 Å². The van der Waals surface area contributed by atoms with E-state index < -0.39 is 5.91 Å². The predicted molar refractivity (Wildman–Crippen MR) is 121 cm³/mol. The lowest BCUT2D eigenvalue weighted by molar-refractivity contribution is -0.112.